The molecule has 19 nitrogen and oxygen atoms in total. The minimum atomic E-state index is -5.82. The van der Waals surface area contributed by atoms with Crippen LogP contribution in [0.15, 0.2) is 15.8 Å². The van der Waals surface area contributed by atoms with Crippen LogP contribution >= 0.6 is 23.5 Å². The minimum absolute atomic E-state index is 0.102. The molecule has 22 heteroatoms. The first-order chi connectivity index (χ1) is 15.9. The molecule has 1 aliphatic rings. The predicted octanol–water partition coefficient (Wildman–Crippen LogP) is -2.72. The van der Waals surface area contributed by atoms with Crippen molar-refractivity contribution in [1.82, 2.24) is 14.9 Å². The van der Waals surface area contributed by atoms with Gasteiger partial charge in [-0.3, -0.25) is 23.7 Å². The van der Waals surface area contributed by atoms with Crippen molar-refractivity contribution >= 4 is 29.4 Å². The number of nitrogens with one attached hydrogen (secondary N) is 2. The molecule has 0 bridgehead atoms. The highest BCUT2D eigenvalue weighted by Gasteiger charge is 2.51. The molecule has 35 heavy (non-hydrogen) atoms. The maximum Gasteiger partial charge on any atom is 0.490 e. The second-order valence-corrected chi connectivity index (χ2v) is 11.6. The Hall–Kier alpha value is -1.56. The van der Waals surface area contributed by atoms with Crippen LogP contribution < -0.4 is 22.3 Å². The van der Waals surface area contributed by atoms with Gasteiger partial charge >= 0.3 is 29.2 Å². The average molecular weight is 568 g/mol. The van der Waals surface area contributed by atoms with Crippen molar-refractivity contribution in [3.63, 3.8) is 0 Å². The Kier molecular flexibility index (Phi) is 9.17. The number of nitrogens with two attached hydrogens (primary N) is 1. The topological polar surface area (TPSA) is 299 Å². The summed E-state index contributed by atoms with van der Waals surface area (Å²) in [6.45, 7) is -0.863. The summed E-state index contributed by atoms with van der Waals surface area (Å²) in [5.41, 5.74) is 1.62. The van der Waals surface area contributed by atoms with Crippen LogP contribution in [-0.2, 0) is 36.4 Å². The zero-order valence-corrected chi connectivity index (χ0v) is 20.4. The highest BCUT2D eigenvalue weighted by Crippen LogP contribution is 2.66. The Bertz CT molecular complexity index is 1210. The molecule has 1 fully saturated rings. The normalized spacial score (nSPS) is 26.1. The lowest BCUT2D eigenvalue weighted by Crippen LogP contribution is -2.53. The Morgan fingerprint density at radius 2 is 1.89 bits per heavy atom. The first-order valence-electron chi connectivity index (χ1n) is 9.32. The number of hydrogen-bond acceptors (Lipinski definition) is 12. The van der Waals surface area contributed by atoms with Gasteiger partial charge in [0.05, 0.1) is 25.8 Å². The smallest absolute Gasteiger partial charge is 0.390 e. The number of aryl methyl sites for hydroxylation is 1. The first-order valence-corrected chi connectivity index (χ1v) is 13.8. The van der Waals surface area contributed by atoms with Crippen LogP contribution in [0.25, 0.3) is 0 Å². The maximum absolute atomic E-state index is 12.2. The van der Waals surface area contributed by atoms with E-state index in [9.17, 15) is 43.0 Å². The molecule has 9 N–H and O–H groups in total. The molecule has 3 unspecified atom stereocenters. The summed E-state index contributed by atoms with van der Waals surface area (Å²) in [5.74, 6) is -0.751. The molecule has 0 saturated carbocycles. The molecule has 1 amide bonds. The number of rotatable bonds is 11. The maximum atomic E-state index is 12.2. The molecule has 1 aliphatic heterocycles. The summed E-state index contributed by atoms with van der Waals surface area (Å²) in [6, 6.07) is 0. The quantitative estimate of drug-likeness (QED) is 0.126. The van der Waals surface area contributed by atoms with Crippen molar-refractivity contribution in [2.24, 2.45) is 5.73 Å². The first kappa shape index (κ1) is 29.7. The molecule has 200 valence electrons. The van der Waals surface area contributed by atoms with Crippen molar-refractivity contribution in [3.8, 4) is 0 Å². The van der Waals surface area contributed by atoms with Crippen LogP contribution in [0.2, 0.25) is 0 Å². The van der Waals surface area contributed by atoms with Gasteiger partial charge in [-0.1, -0.05) is 0 Å². The molecule has 5 atom stereocenters. The Morgan fingerprint density at radius 1 is 1.26 bits per heavy atom. The van der Waals surface area contributed by atoms with Crippen molar-refractivity contribution < 1.29 is 61.1 Å². The van der Waals surface area contributed by atoms with Crippen LogP contribution in [-0.4, -0.2) is 71.5 Å². The van der Waals surface area contributed by atoms with Crippen molar-refractivity contribution in [2.75, 3.05) is 19.7 Å². The van der Waals surface area contributed by atoms with E-state index in [1.54, 1.807) is 0 Å². The molecule has 1 saturated heterocycles. The van der Waals surface area contributed by atoms with Gasteiger partial charge < -0.3 is 40.5 Å². The summed E-state index contributed by atoms with van der Waals surface area (Å²) < 4.78 is 52.7. The fraction of sp³-hybridized carbons (Fsp3) is 0.615. The van der Waals surface area contributed by atoms with E-state index in [0.29, 0.717) is 0 Å². The van der Waals surface area contributed by atoms with E-state index >= 15 is 0 Å². The number of aromatic nitrogens is 2. The molecule has 1 aromatic heterocycles. The number of amides is 1. The minimum Gasteiger partial charge on any atom is -0.390 e. The molecule has 2 rings (SSSR count). The number of hydrogen-bond donors (Lipinski definition) is 8. The summed E-state index contributed by atoms with van der Waals surface area (Å²) in [4.78, 5) is 73.6. The monoisotopic (exact) mass is 568 g/mol. The van der Waals surface area contributed by atoms with Crippen LogP contribution in [0.1, 0.15) is 18.2 Å². The lowest BCUT2D eigenvalue weighted by atomic mass is 9.97. The van der Waals surface area contributed by atoms with E-state index in [2.05, 4.69) is 18.5 Å². The number of aromatic amines is 1. The summed E-state index contributed by atoms with van der Waals surface area (Å²) in [6.07, 6.45) is -2.14. The van der Waals surface area contributed by atoms with E-state index < -0.39 is 78.3 Å². The van der Waals surface area contributed by atoms with Gasteiger partial charge in [-0.05, 0) is 6.92 Å². The molecule has 1 aromatic rings. The van der Waals surface area contributed by atoms with E-state index in [1.807, 2.05) is 4.98 Å². The van der Waals surface area contributed by atoms with Gasteiger partial charge in [0.1, 0.15) is 11.8 Å². The second kappa shape index (κ2) is 10.8. The average Bonchev–Trinajstić information content (AvgIpc) is 3.01. The third kappa shape index (κ3) is 8.23. The molecular formula is C13H23N4O15P3. The fourth-order valence-corrected chi connectivity index (χ4v) is 6.01. The van der Waals surface area contributed by atoms with Gasteiger partial charge in [0.15, 0.2) is 0 Å². The Morgan fingerprint density at radius 3 is 2.46 bits per heavy atom. The highest BCUT2D eigenvalue weighted by molar-refractivity contribution is 7.66. The fourth-order valence-electron chi connectivity index (χ4n) is 2.93. The molecule has 0 radical (unpaired) electrons. The SMILES string of the molecule is Cc1cn([C@H]2CC(O)[C@@](CNC(=O)CN)(COP(=O)(O)OP(=O)(O)OP(=O)(O)O)O2)c(=O)[nH]c1=O. The van der Waals surface area contributed by atoms with Gasteiger partial charge in [-0.15, -0.1) is 0 Å². The number of carbonyl (C=O) groups excluding carboxylic acids is 1. The molecule has 0 aliphatic carbocycles. The van der Waals surface area contributed by atoms with Crippen LogP contribution in [0.3, 0.4) is 0 Å². The predicted molar refractivity (Wildman–Crippen MR) is 111 cm³/mol. The van der Waals surface area contributed by atoms with Crippen molar-refractivity contribution in [1.29, 1.82) is 0 Å². The summed E-state index contributed by atoms with van der Waals surface area (Å²) >= 11 is 0. The lowest BCUT2D eigenvalue weighted by molar-refractivity contribution is -0.133. The number of H-pyrrole nitrogens is 1. The number of aliphatic hydroxyl groups excluding tert-OH is 1. The Balaban J connectivity index is 2.30. The third-order valence-electron chi connectivity index (χ3n) is 4.52. The number of carbonyl (C=O) groups is 1. The van der Waals surface area contributed by atoms with Crippen LogP contribution in [0, 0.1) is 6.92 Å². The van der Waals surface area contributed by atoms with E-state index in [0.717, 1.165) is 10.8 Å². The zero-order valence-electron chi connectivity index (χ0n) is 17.7. The van der Waals surface area contributed by atoms with Gasteiger partial charge in [0.2, 0.25) is 5.91 Å². The number of phosphoric ester groups is 1. The molecule has 2 heterocycles. The molecular weight excluding hydrogens is 545 g/mol. The number of aliphatic hydroxyl groups is 1. The third-order valence-corrected chi connectivity index (χ3v) is 8.30. The van der Waals surface area contributed by atoms with Crippen molar-refractivity contribution in [2.45, 2.75) is 31.3 Å². The van der Waals surface area contributed by atoms with Crippen LogP contribution in [0.4, 0.5) is 0 Å². The van der Waals surface area contributed by atoms with Crippen LogP contribution in [0.5, 0.6) is 0 Å². The summed E-state index contributed by atoms with van der Waals surface area (Å²) in [7, 11) is -17.1. The molecule has 0 spiro atoms. The summed E-state index contributed by atoms with van der Waals surface area (Å²) in [5, 5.41) is 12.9. The van der Waals surface area contributed by atoms with Gasteiger partial charge in [0.25, 0.3) is 5.56 Å². The van der Waals surface area contributed by atoms with E-state index in [4.69, 9.17) is 20.3 Å². The lowest BCUT2D eigenvalue weighted by Gasteiger charge is -2.32. The Labute approximate surface area is 195 Å². The van der Waals surface area contributed by atoms with E-state index in [1.165, 1.54) is 6.92 Å². The standard InChI is InChI=1S/C13H23N4O15P3/c1-7-4-17(12(21)16-11(7)20)10-2-8(18)13(30-10,5-15-9(19)3-14)6-29-34(25,26)32-35(27,28)31-33(22,23)24/h4,8,10,18H,2-3,5-6,14H2,1H3,(H,15,19)(H,25,26)(H,27,28)(H,16,20,21)(H2,22,23,24)/t8?,10-,13-/m1/s1. The van der Waals surface area contributed by atoms with E-state index in [-0.39, 0.29) is 12.0 Å². The van der Waals surface area contributed by atoms with Gasteiger partial charge in [0, 0.05) is 18.2 Å². The van der Waals surface area contributed by atoms with Gasteiger partial charge in [-0.2, -0.15) is 8.62 Å². The number of nitrogens with zero attached hydrogens (tertiary/aromatic N) is 1. The number of ether oxygens (including phenoxy) is 1. The second-order valence-electron chi connectivity index (χ2n) is 7.21. The number of phosphoric acid groups is 3. The van der Waals surface area contributed by atoms with Crippen molar-refractivity contribution in [3.05, 3.63) is 32.6 Å². The van der Waals surface area contributed by atoms with Gasteiger partial charge in [-0.25, -0.2) is 18.5 Å². The zero-order chi connectivity index (χ0) is 26.8. The highest BCUT2D eigenvalue weighted by atomic mass is 31.3. The largest absolute Gasteiger partial charge is 0.490 e. The molecule has 0 aromatic carbocycles.